The molecule has 1 aromatic rings. The third-order valence-electron chi connectivity index (χ3n) is 2.30. The zero-order chi connectivity index (χ0) is 11.4. The lowest BCUT2D eigenvalue weighted by molar-refractivity contribution is -0.0760. The lowest BCUT2D eigenvalue weighted by Gasteiger charge is -2.10. The number of hydrogen-bond acceptors (Lipinski definition) is 3. The Labute approximate surface area is 89.6 Å². The van der Waals surface area contributed by atoms with Gasteiger partial charge in [0.1, 0.15) is 0 Å². The summed E-state index contributed by atoms with van der Waals surface area (Å²) >= 11 is 0. The number of nitrogens with zero attached hydrogens (tertiary/aromatic N) is 3. The number of carbonyl (C=O) groups excluding carboxylic acids is 1. The smallest absolute Gasteiger partial charge is 0.274 e. The molecule has 0 saturated carbocycles. The number of hydroxylamine groups is 2. The average molecular weight is 211 g/mol. The first-order valence-corrected chi connectivity index (χ1v) is 5.02. The number of aromatic nitrogens is 2. The fourth-order valence-electron chi connectivity index (χ4n) is 1.36. The van der Waals surface area contributed by atoms with Crippen molar-refractivity contribution in [2.45, 2.75) is 26.8 Å². The first-order chi connectivity index (χ1) is 7.13. The molecule has 0 unspecified atom stereocenters. The quantitative estimate of drug-likeness (QED) is 0.701. The molecule has 0 aliphatic rings. The van der Waals surface area contributed by atoms with Gasteiger partial charge in [-0.2, -0.15) is 5.10 Å². The van der Waals surface area contributed by atoms with E-state index in [9.17, 15) is 4.79 Å². The molecule has 5 heteroatoms. The minimum absolute atomic E-state index is 0.223. The summed E-state index contributed by atoms with van der Waals surface area (Å²) in [6.45, 7) is 4.81. The molecule has 0 aromatic carbocycles. The molecule has 0 spiro atoms. The number of rotatable bonds is 4. The second-order valence-electron chi connectivity index (χ2n) is 3.18. The van der Waals surface area contributed by atoms with Gasteiger partial charge in [-0.15, -0.1) is 0 Å². The van der Waals surface area contributed by atoms with Crippen molar-refractivity contribution >= 4 is 5.91 Å². The van der Waals surface area contributed by atoms with E-state index < -0.39 is 0 Å². The summed E-state index contributed by atoms with van der Waals surface area (Å²) in [4.78, 5) is 16.5. The van der Waals surface area contributed by atoms with Gasteiger partial charge >= 0.3 is 0 Å². The van der Waals surface area contributed by atoms with Gasteiger partial charge in [0.25, 0.3) is 5.91 Å². The van der Waals surface area contributed by atoms with E-state index in [1.165, 1.54) is 12.2 Å². The minimum atomic E-state index is -0.223. The van der Waals surface area contributed by atoms with Crippen LogP contribution in [0.25, 0.3) is 0 Å². The average Bonchev–Trinajstić information content (AvgIpc) is 2.69. The Kier molecular flexibility index (Phi) is 3.85. The van der Waals surface area contributed by atoms with Gasteiger partial charge in [0.05, 0.1) is 7.11 Å². The van der Waals surface area contributed by atoms with E-state index in [1.54, 1.807) is 13.1 Å². The molecular formula is C10H17N3O2. The lowest BCUT2D eigenvalue weighted by Crippen LogP contribution is -2.25. The van der Waals surface area contributed by atoms with E-state index in [0.29, 0.717) is 5.69 Å². The Morgan fingerprint density at radius 3 is 2.67 bits per heavy atom. The third kappa shape index (κ3) is 2.36. The van der Waals surface area contributed by atoms with Crippen LogP contribution < -0.4 is 0 Å². The highest BCUT2D eigenvalue weighted by Gasteiger charge is 2.16. The molecule has 1 heterocycles. The van der Waals surface area contributed by atoms with Crippen molar-refractivity contribution in [2.24, 2.45) is 0 Å². The highest BCUT2D eigenvalue weighted by Crippen LogP contribution is 2.07. The van der Waals surface area contributed by atoms with Gasteiger partial charge < -0.3 is 0 Å². The van der Waals surface area contributed by atoms with Crippen LogP contribution in [0.1, 0.15) is 30.0 Å². The van der Waals surface area contributed by atoms with Gasteiger partial charge in [-0.1, -0.05) is 6.92 Å². The van der Waals surface area contributed by atoms with Crippen LogP contribution in [-0.2, 0) is 17.8 Å². The molecule has 0 atom stereocenters. The first kappa shape index (κ1) is 11.7. The van der Waals surface area contributed by atoms with E-state index in [-0.39, 0.29) is 5.91 Å². The molecule has 5 nitrogen and oxygen atoms in total. The van der Waals surface area contributed by atoms with Crippen molar-refractivity contribution < 1.29 is 9.63 Å². The van der Waals surface area contributed by atoms with Gasteiger partial charge in [-0.25, -0.2) is 5.06 Å². The second kappa shape index (κ2) is 4.93. The molecule has 1 aromatic heterocycles. The maximum absolute atomic E-state index is 11.7. The Bertz CT molecular complexity index is 325. The van der Waals surface area contributed by atoms with Crippen molar-refractivity contribution in [3.05, 3.63) is 17.5 Å². The lowest BCUT2D eigenvalue weighted by atomic mass is 10.3. The molecule has 0 N–H and O–H groups in total. The summed E-state index contributed by atoms with van der Waals surface area (Å²) in [5, 5.41) is 5.38. The zero-order valence-electron chi connectivity index (χ0n) is 9.65. The van der Waals surface area contributed by atoms with Crippen LogP contribution in [0.2, 0.25) is 0 Å². The second-order valence-corrected chi connectivity index (χ2v) is 3.18. The fraction of sp³-hybridized carbons (Fsp3) is 0.600. The largest absolute Gasteiger partial charge is 0.297 e. The number of amides is 1. The third-order valence-corrected chi connectivity index (χ3v) is 2.30. The van der Waals surface area contributed by atoms with Crippen LogP contribution in [-0.4, -0.2) is 34.9 Å². The van der Waals surface area contributed by atoms with Crippen molar-refractivity contribution in [3.63, 3.8) is 0 Å². The SMILES string of the molecule is CCc1cc(C(=O)N(C)OC)nn1CC. The zero-order valence-corrected chi connectivity index (χ0v) is 9.65. The molecule has 0 fully saturated rings. The van der Waals surface area contributed by atoms with Crippen LogP contribution in [0.3, 0.4) is 0 Å². The topological polar surface area (TPSA) is 47.4 Å². The maximum Gasteiger partial charge on any atom is 0.297 e. The van der Waals surface area contributed by atoms with Crippen molar-refractivity contribution in [3.8, 4) is 0 Å². The Hall–Kier alpha value is -1.36. The van der Waals surface area contributed by atoms with E-state index in [0.717, 1.165) is 18.7 Å². The standard InChI is InChI=1S/C10H17N3O2/c1-5-8-7-9(11-13(8)6-2)10(14)12(3)15-4/h7H,5-6H2,1-4H3. The Morgan fingerprint density at radius 2 is 2.27 bits per heavy atom. The summed E-state index contributed by atoms with van der Waals surface area (Å²) in [5.41, 5.74) is 1.49. The molecule has 84 valence electrons. The van der Waals surface area contributed by atoms with Gasteiger partial charge in [0, 0.05) is 19.3 Å². The Morgan fingerprint density at radius 1 is 1.60 bits per heavy atom. The number of aryl methyl sites for hydroxylation is 2. The van der Waals surface area contributed by atoms with Gasteiger partial charge in [0.15, 0.2) is 5.69 Å². The van der Waals surface area contributed by atoms with Gasteiger partial charge in [0.2, 0.25) is 0 Å². The minimum Gasteiger partial charge on any atom is -0.274 e. The summed E-state index contributed by atoms with van der Waals surface area (Å²) in [6, 6.07) is 1.81. The maximum atomic E-state index is 11.7. The molecule has 0 saturated heterocycles. The molecule has 1 rings (SSSR count). The van der Waals surface area contributed by atoms with E-state index in [1.807, 2.05) is 18.5 Å². The van der Waals surface area contributed by atoms with Crippen LogP contribution in [0, 0.1) is 0 Å². The van der Waals surface area contributed by atoms with Gasteiger partial charge in [-0.05, 0) is 19.4 Å². The van der Waals surface area contributed by atoms with Crippen LogP contribution >= 0.6 is 0 Å². The van der Waals surface area contributed by atoms with E-state index >= 15 is 0 Å². The molecule has 0 aliphatic carbocycles. The van der Waals surface area contributed by atoms with Crippen LogP contribution in [0.4, 0.5) is 0 Å². The number of carbonyl (C=O) groups is 1. The van der Waals surface area contributed by atoms with Crippen molar-refractivity contribution in [1.29, 1.82) is 0 Å². The predicted molar refractivity (Wildman–Crippen MR) is 56.4 cm³/mol. The van der Waals surface area contributed by atoms with Gasteiger partial charge in [-0.3, -0.25) is 14.3 Å². The molecule has 0 aliphatic heterocycles. The summed E-state index contributed by atoms with van der Waals surface area (Å²) < 4.78 is 1.83. The summed E-state index contributed by atoms with van der Waals surface area (Å²) in [6.07, 6.45) is 0.866. The predicted octanol–water partition coefficient (Wildman–Crippen LogP) is 1.10. The first-order valence-electron chi connectivity index (χ1n) is 5.02. The molecule has 0 radical (unpaired) electrons. The summed E-state index contributed by atoms with van der Waals surface area (Å²) in [7, 11) is 3.02. The van der Waals surface area contributed by atoms with Crippen LogP contribution in [0.5, 0.6) is 0 Å². The van der Waals surface area contributed by atoms with E-state index in [4.69, 9.17) is 4.84 Å². The molecule has 0 bridgehead atoms. The number of hydrogen-bond donors (Lipinski definition) is 0. The monoisotopic (exact) mass is 211 g/mol. The highest BCUT2D eigenvalue weighted by atomic mass is 16.7. The summed E-state index contributed by atoms with van der Waals surface area (Å²) in [5.74, 6) is -0.223. The van der Waals surface area contributed by atoms with Crippen molar-refractivity contribution in [1.82, 2.24) is 14.8 Å². The fourth-order valence-corrected chi connectivity index (χ4v) is 1.36. The van der Waals surface area contributed by atoms with Crippen LogP contribution in [0.15, 0.2) is 6.07 Å². The normalized spacial score (nSPS) is 10.4. The van der Waals surface area contributed by atoms with Crippen molar-refractivity contribution in [2.75, 3.05) is 14.2 Å². The van der Waals surface area contributed by atoms with E-state index in [2.05, 4.69) is 5.10 Å². The Balaban J connectivity index is 2.95. The molecule has 1 amide bonds. The highest BCUT2D eigenvalue weighted by molar-refractivity contribution is 5.91. The molecular weight excluding hydrogens is 194 g/mol. The molecule has 15 heavy (non-hydrogen) atoms.